The molecule has 7 rings (SSSR count). The topological polar surface area (TPSA) is 149 Å². The smallest absolute Gasteiger partial charge is 0.346 e. The molecule has 2 aliphatic carbocycles. The second kappa shape index (κ2) is 16.3. The molecule has 1 amide bonds. The van der Waals surface area contributed by atoms with E-state index in [-0.39, 0.29) is 51.0 Å². The Labute approximate surface area is 376 Å². The van der Waals surface area contributed by atoms with E-state index < -0.39 is 126 Å². The van der Waals surface area contributed by atoms with Crippen LogP contribution in [0.5, 0.6) is 0 Å². The molecule has 0 radical (unpaired) electrons. The van der Waals surface area contributed by atoms with Crippen LogP contribution in [0.15, 0.2) is 55.1 Å². The van der Waals surface area contributed by atoms with E-state index >= 15 is 17.6 Å². The average molecular weight is 989 g/mol. The number of alkyl halides is 7. The molecule has 1 N–H and O–H groups in total. The lowest BCUT2D eigenvalue weighted by Gasteiger charge is -2.23. The van der Waals surface area contributed by atoms with E-state index in [0.717, 1.165) is 18.4 Å². The second-order valence-electron chi connectivity index (χ2n) is 16.5. The van der Waals surface area contributed by atoms with E-state index in [9.17, 15) is 43.6 Å². The molecular formula is C42H36ClF9N7O5S2+. The summed E-state index contributed by atoms with van der Waals surface area (Å²) < 4.78 is 184. The minimum Gasteiger partial charge on any atom is -0.346 e. The Morgan fingerprint density at radius 1 is 1.02 bits per heavy atom. The standard InChI is InChI=1S/C42H35ClF9N7O5S2/c1-7-40(46,47)36-32-27-18-28(27)42(51,52)37(32)58(55-36)19-31(60)54-30(16-21-14-22(44)17-23(45)15-21)34-25(9-8-24(53-34)12-13-39(2,3)65(5,61)62)26-10-11-29(43)33-35(26)59(20-41(48,49)50)56-38(33)57(4)66(6,63)64/h7-11,14-15,17,27-28,30H,1,4,16,18-20H2,2-3,5-6H3/p+1/t27-,28+,30-/m0/s1. The van der Waals surface area contributed by atoms with Gasteiger partial charge in [-0.2, -0.15) is 48.9 Å². The van der Waals surface area contributed by atoms with Crippen molar-refractivity contribution < 1.29 is 65.1 Å². The van der Waals surface area contributed by atoms with Crippen LogP contribution in [0.2, 0.25) is 5.02 Å². The van der Waals surface area contributed by atoms with Crippen molar-refractivity contribution in [3.05, 3.63) is 106 Å². The molecule has 24 heteroatoms. The first-order chi connectivity index (χ1) is 30.3. The van der Waals surface area contributed by atoms with Gasteiger partial charge in [0.1, 0.15) is 50.9 Å². The molecular weight excluding hydrogens is 953 g/mol. The number of fused-ring (bicyclic) bond motifs is 4. The maximum atomic E-state index is 15.7. The summed E-state index contributed by atoms with van der Waals surface area (Å²) in [4.78, 5) is 18.7. The van der Waals surface area contributed by atoms with Crippen molar-refractivity contribution in [3.63, 3.8) is 0 Å². The van der Waals surface area contributed by atoms with Gasteiger partial charge in [0.15, 0.2) is 16.4 Å². The number of hydrogen-bond acceptors (Lipinski definition) is 8. The van der Waals surface area contributed by atoms with Crippen LogP contribution >= 0.6 is 11.6 Å². The summed E-state index contributed by atoms with van der Waals surface area (Å²) in [5, 5.41) is 9.56. The first-order valence-corrected chi connectivity index (χ1v) is 23.5. The maximum Gasteiger partial charge on any atom is 0.409 e. The normalized spacial score (nSPS) is 17.4. The molecule has 0 bridgehead atoms. The highest BCUT2D eigenvalue weighted by Gasteiger charge is 2.68. The van der Waals surface area contributed by atoms with E-state index in [0.29, 0.717) is 25.7 Å². The highest BCUT2D eigenvalue weighted by Crippen LogP contribution is 2.68. The summed E-state index contributed by atoms with van der Waals surface area (Å²) in [5.41, 5.74) is -3.92. The fourth-order valence-electron chi connectivity index (χ4n) is 7.72. The van der Waals surface area contributed by atoms with Crippen LogP contribution in [-0.2, 0) is 56.0 Å². The Bertz CT molecular complexity index is 3170. The molecule has 3 atom stereocenters. The monoisotopic (exact) mass is 988 g/mol. The van der Waals surface area contributed by atoms with Crippen molar-refractivity contribution in [2.24, 2.45) is 5.92 Å². The average Bonchev–Trinajstić information content (AvgIpc) is 3.70. The van der Waals surface area contributed by atoms with Gasteiger partial charge in [0, 0.05) is 34.9 Å². The molecule has 0 unspecified atom stereocenters. The van der Waals surface area contributed by atoms with Crippen LogP contribution in [0, 0.1) is 29.4 Å². The van der Waals surface area contributed by atoms with Gasteiger partial charge in [-0.25, -0.2) is 22.2 Å². The Balaban J connectivity index is 1.47. The zero-order chi connectivity index (χ0) is 48.9. The molecule has 0 aliphatic heterocycles. The van der Waals surface area contributed by atoms with Crippen molar-refractivity contribution >= 4 is 60.8 Å². The lowest BCUT2D eigenvalue weighted by atomic mass is 9.93. The number of carbonyl (C=O) groups is 1. The molecule has 2 aliphatic rings. The van der Waals surface area contributed by atoms with E-state index in [1.165, 1.54) is 38.1 Å². The second-order valence-corrected chi connectivity index (χ2v) is 21.3. The van der Waals surface area contributed by atoms with E-state index in [4.69, 9.17) is 11.6 Å². The number of sulfonamides is 1. The highest BCUT2D eigenvalue weighted by molar-refractivity contribution is 7.92. The molecule has 3 aromatic heterocycles. The highest BCUT2D eigenvalue weighted by atomic mass is 35.5. The van der Waals surface area contributed by atoms with Gasteiger partial charge in [-0.05, 0) is 80.5 Å². The minimum absolute atomic E-state index is 0.109. The van der Waals surface area contributed by atoms with Crippen molar-refractivity contribution in [1.82, 2.24) is 29.9 Å². The van der Waals surface area contributed by atoms with Gasteiger partial charge in [0.2, 0.25) is 5.91 Å². The summed E-state index contributed by atoms with van der Waals surface area (Å²) >= 11 is 6.53. The predicted molar refractivity (Wildman–Crippen MR) is 224 cm³/mol. The Hall–Kier alpha value is -5.73. The Morgan fingerprint density at radius 2 is 1.65 bits per heavy atom. The third kappa shape index (κ3) is 9.06. The van der Waals surface area contributed by atoms with Gasteiger partial charge in [-0.1, -0.05) is 30.2 Å². The van der Waals surface area contributed by atoms with Gasteiger partial charge in [0.25, 0.3) is 5.92 Å². The Kier molecular flexibility index (Phi) is 11.9. The predicted octanol–water partition coefficient (Wildman–Crippen LogP) is 7.85. The van der Waals surface area contributed by atoms with Crippen molar-refractivity contribution in [3.8, 4) is 23.0 Å². The molecule has 5 aromatic rings. The fourth-order valence-corrected chi connectivity index (χ4v) is 8.64. The fraction of sp³-hybridized carbons (Fsp3) is 0.357. The van der Waals surface area contributed by atoms with Gasteiger partial charge < -0.3 is 5.32 Å². The third-order valence-corrected chi connectivity index (χ3v) is 14.5. The molecule has 0 spiro atoms. The molecule has 2 aromatic carbocycles. The number of sulfone groups is 1. The van der Waals surface area contributed by atoms with Gasteiger partial charge in [0.05, 0.1) is 34.8 Å². The molecule has 0 saturated heterocycles. The first-order valence-electron chi connectivity index (χ1n) is 19.4. The SMILES string of the molecule is C=CC(F)(F)c1nn(CC(=O)N[C@@H](Cc2cc(F)cc(F)c2)c2nc(C#CC(C)(C)S(C)(=O)=O)ccc2-c2ccc(Cl)c3c([N+](=C)S(C)(=O)=O)nn(CC(F)(F)F)c23)c2c1[C@H]1C[C@H]1C2(F)F. The molecule has 350 valence electrons. The number of nitrogens with one attached hydrogen (secondary N) is 1. The lowest BCUT2D eigenvalue weighted by molar-refractivity contribution is -0.252. The molecule has 1 fully saturated rings. The van der Waals surface area contributed by atoms with Crippen molar-refractivity contribution in [1.29, 1.82) is 0 Å². The van der Waals surface area contributed by atoms with Crippen LogP contribution in [0.1, 0.15) is 66.1 Å². The number of halogens is 10. The summed E-state index contributed by atoms with van der Waals surface area (Å²) in [5.74, 6) is -8.66. The summed E-state index contributed by atoms with van der Waals surface area (Å²) in [6, 6.07) is 5.47. The summed E-state index contributed by atoms with van der Waals surface area (Å²) in [7, 11) is -8.14. The lowest BCUT2D eigenvalue weighted by Crippen LogP contribution is -2.35. The van der Waals surface area contributed by atoms with Crippen LogP contribution in [0.25, 0.3) is 22.0 Å². The largest absolute Gasteiger partial charge is 0.409 e. The number of carbonyl (C=O) groups excluding carboxylic acids is 1. The number of hydrogen-bond donors (Lipinski definition) is 1. The number of allylic oxidation sites excluding steroid dienone is 1. The summed E-state index contributed by atoms with van der Waals surface area (Å²) in [6.45, 7) is 6.13. The van der Waals surface area contributed by atoms with Crippen LogP contribution in [0.3, 0.4) is 0 Å². The van der Waals surface area contributed by atoms with Gasteiger partial charge >= 0.3 is 27.9 Å². The first kappa shape index (κ1) is 48.2. The van der Waals surface area contributed by atoms with Gasteiger partial charge in [-0.3, -0.25) is 9.48 Å². The number of aromatic nitrogens is 5. The van der Waals surface area contributed by atoms with Crippen molar-refractivity contribution in [2.75, 3.05) is 12.5 Å². The molecule has 1 saturated carbocycles. The molecule has 3 heterocycles. The minimum atomic E-state index is -4.99. The quantitative estimate of drug-likeness (QED) is 0.0413. The maximum absolute atomic E-state index is 15.7. The third-order valence-electron chi connectivity index (χ3n) is 11.2. The summed E-state index contributed by atoms with van der Waals surface area (Å²) in [6.07, 6.45) is -3.86. The zero-order valence-corrected chi connectivity index (χ0v) is 37.3. The van der Waals surface area contributed by atoms with E-state index in [2.05, 4.69) is 45.6 Å². The van der Waals surface area contributed by atoms with Crippen molar-refractivity contribution in [2.45, 2.75) is 74.5 Å². The number of pyridine rings is 1. The van der Waals surface area contributed by atoms with Crippen LogP contribution in [0.4, 0.5) is 45.3 Å². The molecule has 66 heavy (non-hydrogen) atoms. The van der Waals surface area contributed by atoms with Crippen LogP contribution < -0.4 is 5.32 Å². The van der Waals surface area contributed by atoms with E-state index in [1.54, 1.807) is 0 Å². The number of amides is 1. The number of rotatable bonds is 13. The zero-order valence-electron chi connectivity index (χ0n) is 34.9. The van der Waals surface area contributed by atoms with E-state index in [1.807, 2.05) is 0 Å². The van der Waals surface area contributed by atoms with Gasteiger partial charge in [-0.15, -0.1) is 3.98 Å². The number of benzene rings is 2. The van der Waals surface area contributed by atoms with Crippen LogP contribution in [-0.4, -0.2) is 81.4 Å². The number of nitrogens with zero attached hydrogens (tertiary/aromatic N) is 6. The Morgan fingerprint density at radius 3 is 2.24 bits per heavy atom. The molecule has 12 nitrogen and oxygen atoms in total.